The molecular weight excluding hydrogens is 687 g/mol. The third-order valence-electron chi connectivity index (χ3n) is 11.7. The molecule has 0 bridgehead atoms. The van der Waals surface area contributed by atoms with Crippen molar-refractivity contribution in [1.82, 2.24) is 14.5 Å². The van der Waals surface area contributed by atoms with Crippen LogP contribution in [0.25, 0.3) is 72.2 Å². The average Bonchev–Trinajstić information content (AvgIpc) is 3.76. The van der Waals surface area contributed by atoms with Gasteiger partial charge in [0.1, 0.15) is 5.82 Å². The summed E-state index contributed by atoms with van der Waals surface area (Å²) in [6, 6.07) is 68.2. The van der Waals surface area contributed by atoms with E-state index in [0.717, 1.165) is 33.7 Å². The van der Waals surface area contributed by atoms with Crippen molar-refractivity contribution in [3.8, 4) is 39.6 Å². The van der Waals surface area contributed by atoms with E-state index in [2.05, 4.69) is 187 Å². The fourth-order valence-corrected chi connectivity index (χ4v) is 10.8. The third kappa shape index (κ3) is 4.23. The molecule has 0 N–H and O–H groups in total. The monoisotopic (exact) mass is 717 g/mol. The van der Waals surface area contributed by atoms with Crippen LogP contribution in [0.5, 0.6) is 0 Å². The minimum absolute atomic E-state index is 0.465. The number of hydrogen-bond acceptors (Lipinski definition) is 3. The minimum atomic E-state index is -0.465. The molecule has 256 valence electrons. The molecule has 1 spiro atoms. The summed E-state index contributed by atoms with van der Waals surface area (Å²) in [6.45, 7) is 0. The predicted octanol–water partition coefficient (Wildman–Crippen LogP) is 12.9. The molecule has 2 aliphatic rings. The molecule has 8 aromatic carbocycles. The van der Waals surface area contributed by atoms with Gasteiger partial charge in [0.2, 0.25) is 0 Å². The Morgan fingerprint density at radius 3 is 1.82 bits per heavy atom. The van der Waals surface area contributed by atoms with Crippen molar-refractivity contribution in [1.29, 1.82) is 0 Å². The molecule has 1 aliphatic heterocycles. The summed E-state index contributed by atoms with van der Waals surface area (Å²) in [5, 5.41) is 4.95. The van der Waals surface area contributed by atoms with Crippen LogP contribution in [-0.2, 0) is 5.41 Å². The van der Waals surface area contributed by atoms with Crippen LogP contribution in [0.3, 0.4) is 0 Å². The summed E-state index contributed by atoms with van der Waals surface area (Å²) >= 11 is 1.91. The quantitative estimate of drug-likeness (QED) is 0.182. The van der Waals surface area contributed by atoms with Crippen LogP contribution in [0.4, 0.5) is 0 Å². The van der Waals surface area contributed by atoms with E-state index >= 15 is 0 Å². The van der Waals surface area contributed by atoms with E-state index in [1.165, 1.54) is 64.7 Å². The van der Waals surface area contributed by atoms with Crippen LogP contribution in [0.2, 0.25) is 0 Å². The first-order valence-corrected chi connectivity index (χ1v) is 19.6. The highest BCUT2D eigenvalue weighted by molar-refractivity contribution is 7.99. The number of fused-ring (bicyclic) bond motifs is 15. The van der Waals surface area contributed by atoms with Gasteiger partial charge in [0.15, 0.2) is 5.82 Å². The van der Waals surface area contributed by atoms with E-state index in [1.54, 1.807) is 0 Å². The first-order chi connectivity index (χ1) is 27.3. The van der Waals surface area contributed by atoms with Gasteiger partial charge in [-0.25, -0.2) is 9.97 Å². The lowest BCUT2D eigenvalue weighted by atomic mass is 9.67. The standard InChI is InChI=1S/C51H31N3S/c1-3-16-33(17-4-1)42-31-46(53-50(52-42)34-18-5-2-6-19-34)54-43-29-27-32-15-7-8-20-35(32)47(43)48-44(54)30-28-41-49(48)55-45-26-14-13-25-40(45)51(41)38-23-11-9-21-36(38)37-22-10-12-24-39(37)51/h1-31H. The first-order valence-electron chi connectivity index (χ1n) is 18.8. The molecule has 3 heterocycles. The largest absolute Gasteiger partial charge is 0.294 e. The van der Waals surface area contributed by atoms with Gasteiger partial charge in [-0.1, -0.05) is 176 Å². The van der Waals surface area contributed by atoms with Crippen LogP contribution >= 0.6 is 11.8 Å². The molecule has 10 aromatic rings. The third-order valence-corrected chi connectivity index (χ3v) is 12.9. The zero-order chi connectivity index (χ0) is 36.1. The molecule has 1 aliphatic carbocycles. The van der Waals surface area contributed by atoms with Crippen LogP contribution < -0.4 is 0 Å². The van der Waals surface area contributed by atoms with Gasteiger partial charge >= 0.3 is 0 Å². The van der Waals surface area contributed by atoms with E-state index in [9.17, 15) is 0 Å². The smallest absolute Gasteiger partial charge is 0.162 e. The molecule has 2 aromatic heterocycles. The van der Waals surface area contributed by atoms with Crippen LogP contribution in [-0.4, -0.2) is 14.5 Å². The maximum atomic E-state index is 5.38. The van der Waals surface area contributed by atoms with Crippen molar-refractivity contribution < 1.29 is 0 Å². The van der Waals surface area contributed by atoms with Crippen LogP contribution in [0.15, 0.2) is 198 Å². The summed E-state index contributed by atoms with van der Waals surface area (Å²) in [7, 11) is 0. The second-order valence-electron chi connectivity index (χ2n) is 14.5. The molecule has 0 saturated heterocycles. The zero-order valence-corrected chi connectivity index (χ0v) is 30.5. The second-order valence-corrected chi connectivity index (χ2v) is 15.5. The van der Waals surface area contributed by atoms with Gasteiger partial charge in [-0.2, -0.15) is 0 Å². The number of aromatic nitrogens is 3. The number of hydrogen-bond donors (Lipinski definition) is 0. The Labute approximate surface area is 322 Å². The molecule has 12 rings (SSSR count). The van der Waals surface area contributed by atoms with Crippen molar-refractivity contribution in [2.75, 3.05) is 0 Å². The Kier molecular flexibility index (Phi) is 6.48. The topological polar surface area (TPSA) is 30.7 Å². The van der Waals surface area contributed by atoms with Crippen molar-refractivity contribution in [2.24, 2.45) is 0 Å². The molecule has 0 atom stereocenters. The Bertz CT molecular complexity index is 3080. The zero-order valence-electron chi connectivity index (χ0n) is 29.6. The van der Waals surface area contributed by atoms with Gasteiger partial charge in [-0.3, -0.25) is 4.57 Å². The van der Waals surface area contributed by atoms with Gasteiger partial charge < -0.3 is 0 Å². The summed E-state index contributed by atoms with van der Waals surface area (Å²) in [4.78, 5) is 13.1. The van der Waals surface area contributed by atoms with Gasteiger partial charge in [0, 0.05) is 37.8 Å². The summed E-state index contributed by atoms with van der Waals surface area (Å²) in [5.41, 5.74) is 12.7. The summed E-state index contributed by atoms with van der Waals surface area (Å²) < 4.78 is 2.38. The molecule has 4 heteroatoms. The number of rotatable bonds is 3. The lowest BCUT2D eigenvalue weighted by Crippen LogP contribution is -2.32. The lowest BCUT2D eigenvalue weighted by Gasteiger charge is -2.40. The summed E-state index contributed by atoms with van der Waals surface area (Å²) in [5.74, 6) is 1.54. The molecule has 55 heavy (non-hydrogen) atoms. The average molecular weight is 718 g/mol. The van der Waals surface area contributed by atoms with Gasteiger partial charge in [0.25, 0.3) is 0 Å². The van der Waals surface area contributed by atoms with Gasteiger partial charge in [0.05, 0.1) is 22.1 Å². The Balaban J connectivity index is 1.24. The Morgan fingerprint density at radius 2 is 1.05 bits per heavy atom. The van der Waals surface area contributed by atoms with Gasteiger partial charge in [-0.05, 0) is 62.4 Å². The van der Waals surface area contributed by atoms with Crippen LogP contribution in [0.1, 0.15) is 22.3 Å². The van der Waals surface area contributed by atoms with Crippen molar-refractivity contribution in [3.63, 3.8) is 0 Å². The van der Waals surface area contributed by atoms with E-state index in [1.807, 2.05) is 17.8 Å². The molecule has 0 amide bonds. The highest BCUT2D eigenvalue weighted by atomic mass is 32.2. The van der Waals surface area contributed by atoms with Crippen molar-refractivity contribution in [2.45, 2.75) is 15.2 Å². The first kappa shape index (κ1) is 30.7. The molecular formula is C51H31N3S. The molecule has 0 radical (unpaired) electrons. The van der Waals surface area contributed by atoms with Crippen LogP contribution in [0, 0.1) is 0 Å². The Hall–Kier alpha value is -6.75. The predicted molar refractivity (Wildman–Crippen MR) is 226 cm³/mol. The van der Waals surface area contributed by atoms with E-state index in [0.29, 0.717) is 5.82 Å². The number of nitrogens with zero attached hydrogens (tertiary/aromatic N) is 3. The SMILES string of the molecule is c1ccc(-c2cc(-n3c4ccc5c(c4c4c6ccccc6ccc43)Sc3ccccc3C53c4ccccc4-c4ccccc43)nc(-c3ccccc3)n2)cc1. The Morgan fingerprint density at radius 1 is 0.455 bits per heavy atom. The maximum absolute atomic E-state index is 5.38. The molecule has 0 unspecified atom stereocenters. The van der Waals surface area contributed by atoms with Gasteiger partial charge in [-0.15, -0.1) is 0 Å². The highest BCUT2D eigenvalue weighted by Gasteiger charge is 2.50. The fraction of sp³-hybridized carbons (Fsp3) is 0.0196. The van der Waals surface area contributed by atoms with E-state index < -0.39 is 5.41 Å². The minimum Gasteiger partial charge on any atom is -0.294 e. The highest BCUT2D eigenvalue weighted by Crippen LogP contribution is 2.63. The summed E-state index contributed by atoms with van der Waals surface area (Å²) in [6.07, 6.45) is 0. The second kappa shape index (κ2) is 11.6. The van der Waals surface area contributed by atoms with Crippen molar-refractivity contribution >= 4 is 44.3 Å². The number of benzene rings is 8. The normalized spacial score (nSPS) is 13.5. The van der Waals surface area contributed by atoms with Crippen molar-refractivity contribution in [3.05, 3.63) is 210 Å². The lowest BCUT2D eigenvalue weighted by molar-refractivity contribution is 0.726. The molecule has 0 saturated carbocycles. The maximum Gasteiger partial charge on any atom is 0.162 e. The molecule has 3 nitrogen and oxygen atoms in total. The van der Waals surface area contributed by atoms with E-state index in [-0.39, 0.29) is 0 Å². The molecule has 0 fully saturated rings. The van der Waals surface area contributed by atoms with E-state index in [4.69, 9.17) is 9.97 Å². The fourth-order valence-electron chi connectivity index (χ4n) is 9.45.